The number of nitrogens with zero attached hydrogens (tertiary/aromatic N) is 3. The summed E-state index contributed by atoms with van der Waals surface area (Å²) in [7, 11) is 1.37. The molecule has 0 saturated heterocycles. The number of amides is 2. The molecule has 4 rings (SSSR count). The second kappa shape index (κ2) is 13.3. The summed E-state index contributed by atoms with van der Waals surface area (Å²) in [6, 6.07) is 11.7. The maximum atomic E-state index is 14.3. The number of benzene rings is 2. The Bertz CT molecular complexity index is 1510. The molecule has 2 heterocycles. The molecule has 11 heteroatoms. The van der Waals surface area contributed by atoms with Crippen LogP contribution in [0.15, 0.2) is 55.0 Å². The van der Waals surface area contributed by atoms with Crippen molar-refractivity contribution in [2.75, 3.05) is 19.0 Å². The van der Waals surface area contributed by atoms with Crippen LogP contribution in [0, 0.1) is 12.7 Å². The number of carbonyl (C=O) groups excluding carboxylic acids is 2. The molecule has 40 heavy (non-hydrogen) atoms. The van der Waals surface area contributed by atoms with Gasteiger partial charge in [0, 0.05) is 29.3 Å². The Morgan fingerprint density at radius 2 is 1.77 bits per heavy atom. The van der Waals surface area contributed by atoms with Crippen molar-refractivity contribution in [2.45, 2.75) is 39.0 Å². The lowest BCUT2D eigenvalue weighted by molar-refractivity contribution is -0.116. The number of nitrogens with two attached hydrogens (primary N) is 1. The van der Waals surface area contributed by atoms with Crippen molar-refractivity contribution in [1.29, 1.82) is 0 Å². The number of hydrogen-bond acceptors (Lipinski definition) is 8. The molecule has 10 nitrogen and oxygen atoms in total. The molecule has 0 fully saturated rings. The van der Waals surface area contributed by atoms with Crippen molar-refractivity contribution in [2.24, 2.45) is 5.73 Å². The molecule has 0 spiro atoms. The van der Waals surface area contributed by atoms with E-state index < -0.39 is 11.9 Å². The van der Waals surface area contributed by atoms with Crippen LogP contribution in [0.2, 0.25) is 0 Å². The summed E-state index contributed by atoms with van der Waals surface area (Å²) < 4.78 is 30.3. The summed E-state index contributed by atoms with van der Waals surface area (Å²) in [6.07, 6.45) is 5.55. The minimum absolute atomic E-state index is 0.0695. The van der Waals surface area contributed by atoms with Crippen LogP contribution in [-0.2, 0) is 4.79 Å². The van der Waals surface area contributed by atoms with Gasteiger partial charge in [0.15, 0.2) is 11.6 Å². The number of para-hydroxylation sites is 2. The smallest absolute Gasteiger partial charge is 0.410 e. The second-order valence-corrected chi connectivity index (χ2v) is 9.02. The molecule has 0 saturated carbocycles. The first-order chi connectivity index (χ1) is 19.4. The van der Waals surface area contributed by atoms with Gasteiger partial charge < -0.3 is 25.3 Å². The van der Waals surface area contributed by atoms with Crippen LogP contribution in [0.25, 0.3) is 22.0 Å². The molecule has 2 amide bonds. The number of pyridine rings is 1. The van der Waals surface area contributed by atoms with E-state index in [9.17, 15) is 14.0 Å². The van der Waals surface area contributed by atoms with Crippen LogP contribution in [0.5, 0.6) is 17.4 Å². The first-order valence-electron chi connectivity index (χ1n) is 12.8. The topological polar surface area (TPSA) is 139 Å². The van der Waals surface area contributed by atoms with E-state index in [2.05, 4.69) is 20.3 Å². The lowest BCUT2D eigenvalue weighted by Crippen LogP contribution is -2.18. The molecule has 208 valence electrons. The number of fused-ring (bicyclic) bond motifs is 1. The SMILES string of the molecule is COc1ncc(-c2cc(OCCCCCCC(=O)Nc3ccccc3OC(N)=O)c3ncnc(C)c3c2)cc1F. The number of anilines is 1. The Morgan fingerprint density at radius 3 is 2.55 bits per heavy atom. The van der Waals surface area contributed by atoms with Gasteiger partial charge in [-0.2, -0.15) is 0 Å². The molecular formula is C29H30FN5O5. The molecule has 0 aliphatic heterocycles. The zero-order valence-electron chi connectivity index (χ0n) is 22.3. The summed E-state index contributed by atoms with van der Waals surface area (Å²) >= 11 is 0. The first kappa shape index (κ1) is 28.2. The highest BCUT2D eigenvalue weighted by Gasteiger charge is 2.14. The summed E-state index contributed by atoms with van der Waals surface area (Å²) in [4.78, 5) is 36.1. The Labute approximate surface area is 230 Å². The van der Waals surface area contributed by atoms with Crippen molar-refractivity contribution in [1.82, 2.24) is 15.0 Å². The van der Waals surface area contributed by atoms with Gasteiger partial charge in [-0.25, -0.2) is 24.1 Å². The number of rotatable bonds is 12. The van der Waals surface area contributed by atoms with Crippen LogP contribution in [-0.4, -0.2) is 40.7 Å². The maximum absolute atomic E-state index is 14.3. The fourth-order valence-corrected chi connectivity index (χ4v) is 4.17. The van der Waals surface area contributed by atoms with Crippen molar-refractivity contribution in [3.05, 3.63) is 66.5 Å². The maximum Gasteiger partial charge on any atom is 0.410 e. The van der Waals surface area contributed by atoms with Gasteiger partial charge in [-0.3, -0.25) is 4.79 Å². The monoisotopic (exact) mass is 547 g/mol. The molecule has 3 N–H and O–H groups in total. The third kappa shape index (κ3) is 7.19. The highest BCUT2D eigenvalue weighted by Crippen LogP contribution is 2.33. The van der Waals surface area contributed by atoms with Crippen LogP contribution in [0.4, 0.5) is 14.9 Å². The zero-order valence-corrected chi connectivity index (χ0v) is 22.3. The molecule has 0 atom stereocenters. The van der Waals surface area contributed by atoms with Gasteiger partial charge >= 0.3 is 6.09 Å². The van der Waals surface area contributed by atoms with Crippen LogP contribution >= 0.6 is 0 Å². The van der Waals surface area contributed by atoms with E-state index >= 15 is 0 Å². The van der Waals surface area contributed by atoms with E-state index in [1.165, 1.54) is 19.5 Å². The summed E-state index contributed by atoms with van der Waals surface area (Å²) in [5.41, 5.74) is 8.22. The number of ether oxygens (including phenoxy) is 3. The number of nitrogens with one attached hydrogen (secondary N) is 1. The van der Waals surface area contributed by atoms with E-state index in [1.54, 1.807) is 30.5 Å². The number of halogens is 1. The molecule has 2 aromatic carbocycles. The minimum atomic E-state index is -0.946. The number of carbonyl (C=O) groups is 2. The summed E-state index contributed by atoms with van der Waals surface area (Å²) in [5, 5.41) is 3.55. The van der Waals surface area contributed by atoms with Gasteiger partial charge in [0.25, 0.3) is 0 Å². The predicted molar refractivity (Wildman–Crippen MR) is 148 cm³/mol. The molecule has 0 bridgehead atoms. The van der Waals surface area contributed by atoms with E-state index in [0.717, 1.165) is 35.9 Å². The molecule has 0 unspecified atom stereocenters. The van der Waals surface area contributed by atoms with Crippen molar-refractivity contribution < 1.29 is 28.2 Å². The third-order valence-corrected chi connectivity index (χ3v) is 6.16. The standard InChI is InChI=1S/C29H30FN5O5/c1-18-21-13-19(20-14-22(30)28(38-2)32-16-20)15-25(27(21)34-17-33-18)39-12-8-4-3-5-11-26(36)35-23-9-6-7-10-24(23)40-29(31)37/h6-7,9-10,13-17H,3-5,8,11-12H2,1-2H3,(H2,31,37)(H,35,36). The Morgan fingerprint density at radius 1 is 0.975 bits per heavy atom. The summed E-state index contributed by atoms with van der Waals surface area (Å²) in [5.74, 6) is -0.0311. The quantitative estimate of drug-likeness (QED) is 0.219. The lowest BCUT2D eigenvalue weighted by Gasteiger charge is -2.13. The van der Waals surface area contributed by atoms with E-state index in [4.69, 9.17) is 19.9 Å². The number of methoxy groups -OCH3 is 1. The molecule has 0 aliphatic rings. The summed E-state index contributed by atoms with van der Waals surface area (Å²) in [6.45, 7) is 2.32. The number of aromatic nitrogens is 3. The fraction of sp³-hybridized carbons (Fsp3) is 0.276. The second-order valence-electron chi connectivity index (χ2n) is 9.02. The Balaban J connectivity index is 1.30. The van der Waals surface area contributed by atoms with Crippen LogP contribution in [0.3, 0.4) is 0 Å². The average molecular weight is 548 g/mol. The third-order valence-electron chi connectivity index (χ3n) is 6.16. The van der Waals surface area contributed by atoms with Crippen LogP contribution < -0.4 is 25.3 Å². The van der Waals surface area contributed by atoms with E-state index in [0.29, 0.717) is 42.0 Å². The number of aryl methyl sites for hydroxylation is 1. The molecule has 0 radical (unpaired) electrons. The van der Waals surface area contributed by atoms with Gasteiger partial charge in [-0.05, 0) is 55.7 Å². The Kier molecular flexibility index (Phi) is 9.39. The first-order valence-corrected chi connectivity index (χ1v) is 12.8. The molecule has 4 aromatic rings. The van der Waals surface area contributed by atoms with Gasteiger partial charge in [-0.15, -0.1) is 0 Å². The molecule has 2 aromatic heterocycles. The highest BCUT2D eigenvalue weighted by molar-refractivity contribution is 5.93. The van der Waals surface area contributed by atoms with Crippen LogP contribution in [0.1, 0.15) is 37.8 Å². The number of primary amides is 1. The average Bonchev–Trinajstić information content (AvgIpc) is 2.93. The van der Waals surface area contributed by atoms with Crippen molar-refractivity contribution >= 4 is 28.6 Å². The predicted octanol–water partition coefficient (Wildman–Crippen LogP) is 5.57. The van der Waals surface area contributed by atoms with Crippen molar-refractivity contribution in [3.8, 4) is 28.5 Å². The Hall–Kier alpha value is -4.80. The normalized spacial score (nSPS) is 10.8. The van der Waals surface area contributed by atoms with Gasteiger partial charge in [0.1, 0.15) is 17.6 Å². The number of hydrogen-bond donors (Lipinski definition) is 2. The lowest BCUT2D eigenvalue weighted by atomic mass is 10.0. The van der Waals surface area contributed by atoms with Gasteiger partial charge in [0.2, 0.25) is 11.8 Å². The minimum Gasteiger partial charge on any atom is -0.491 e. The highest BCUT2D eigenvalue weighted by atomic mass is 19.1. The molecular weight excluding hydrogens is 517 g/mol. The fourth-order valence-electron chi connectivity index (χ4n) is 4.17. The number of unbranched alkanes of at least 4 members (excludes halogenated alkanes) is 3. The van der Waals surface area contributed by atoms with Crippen molar-refractivity contribution in [3.63, 3.8) is 0 Å². The van der Waals surface area contributed by atoms with E-state index in [1.807, 2.05) is 19.1 Å². The van der Waals surface area contributed by atoms with Gasteiger partial charge in [-0.1, -0.05) is 25.0 Å². The van der Waals surface area contributed by atoms with E-state index in [-0.39, 0.29) is 17.5 Å². The largest absolute Gasteiger partial charge is 0.491 e. The zero-order chi connectivity index (χ0) is 28.5. The molecule has 0 aliphatic carbocycles. The van der Waals surface area contributed by atoms with Gasteiger partial charge in [0.05, 0.1) is 19.4 Å².